The van der Waals surface area contributed by atoms with Crippen LogP contribution in [0.5, 0.6) is 0 Å². The molecule has 0 fully saturated rings. The Bertz CT molecular complexity index is 1680. The fourth-order valence-electron chi connectivity index (χ4n) is 5.17. The van der Waals surface area contributed by atoms with Gasteiger partial charge in [-0.25, -0.2) is 4.79 Å². The highest BCUT2D eigenvalue weighted by atomic mass is 32.2. The van der Waals surface area contributed by atoms with Crippen molar-refractivity contribution in [2.24, 2.45) is 23.1 Å². The minimum Gasteiger partial charge on any atom is -0.481 e. The topological polar surface area (TPSA) is 440 Å². The number of amides is 10. The third kappa shape index (κ3) is 22.0. The van der Waals surface area contributed by atoms with E-state index in [0.29, 0.717) is 0 Å². The van der Waals surface area contributed by atoms with E-state index in [1.54, 1.807) is 6.26 Å². The Morgan fingerprint density at radius 2 is 0.921 bits per heavy atom. The van der Waals surface area contributed by atoms with Crippen molar-refractivity contribution in [3.05, 3.63) is 0 Å². The number of primary amides is 2. The van der Waals surface area contributed by atoms with Crippen molar-refractivity contribution >= 4 is 82.8 Å². The van der Waals surface area contributed by atoms with Crippen molar-refractivity contribution in [2.45, 2.75) is 128 Å². The number of rotatable bonds is 30. The van der Waals surface area contributed by atoms with Gasteiger partial charge in [0.1, 0.15) is 48.3 Å². The van der Waals surface area contributed by atoms with E-state index in [4.69, 9.17) is 22.3 Å². The van der Waals surface area contributed by atoms with E-state index < -0.39 is 164 Å². The van der Waals surface area contributed by atoms with Crippen LogP contribution in [-0.4, -0.2) is 159 Å². The molecule has 0 rings (SSSR count). The van der Waals surface area contributed by atoms with Crippen LogP contribution in [0.4, 0.5) is 0 Å². The number of aliphatic carboxylic acids is 2. The summed E-state index contributed by atoms with van der Waals surface area (Å²) >= 11 is 1.29. The maximum atomic E-state index is 13.5. The molecular weight excluding hydrogens is 859 g/mol. The molecule has 0 heterocycles. The van der Waals surface area contributed by atoms with Gasteiger partial charge in [0.25, 0.3) is 0 Å². The van der Waals surface area contributed by atoms with Crippen molar-refractivity contribution in [2.75, 3.05) is 18.6 Å². The summed E-state index contributed by atoms with van der Waals surface area (Å²) in [6.45, 7) is 5.76. The van der Waals surface area contributed by atoms with Gasteiger partial charge in [-0.2, -0.15) is 11.8 Å². The number of nitrogens with two attached hydrogens (primary N) is 3. The van der Waals surface area contributed by atoms with Crippen LogP contribution < -0.4 is 59.7 Å². The van der Waals surface area contributed by atoms with Gasteiger partial charge in [0.05, 0.1) is 19.1 Å². The highest BCUT2D eigenvalue weighted by Gasteiger charge is 2.34. The molecule has 9 atom stereocenters. The predicted octanol–water partition coefficient (Wildman–Crippen LogP) is -6.26. The second-order valence-corrected chi connectivity index (χ2v) is 15.7. The van der Waals surface area contributed by atoms with Crippen LogP contribution in [-0.2, 0) is 57.5 Å². The first-order chi connectivity index (χ1) is 29.2. The highest BCUT2D eigenvalue weighted by molar-refractivity contribution is 7.98. The van der Waals surface area contributed by atoms with Crippen LogP contribution in [0.1, 0.15) is 73.1 Å². The molecule has 0 aromatic rings. The molecule has 0 aliphatic rings. The van der Waals surface area contributed by atoms with Crippen LogP contribution >= 0.6 is 11.8 Å². The number of carboxylic acid groups (broad SMARTS) is 2. The molecule has 0 aromatic heterocycles. The second kappa shape index (κ2) is 28.5. The van der Waals surface area contributed by atoms with E-state index in [9.17, 15) is 67.7 Å². The molecule has 0 bridgehead atoms. The van der Waals surface area contributed by atoms with Crippen molar-refractivity contribution in [1.82, 2.24) is 42.5 Å². The van der Waals surface area contributed by atoms with Crippen molar-refractivity contribution < 1.29 is 72.9 Å². The van der Waals surface area contributed by atoms with E-state index in [1.165, 1.54) is 46.4 Å². The lowest BCUT2D eigenvalue weighted by molar-refractivity contribution is -0.143. The summed E-state index contributed by atoms with van der Waals surface area (Å²) in [7, 11) is 0. The Hall–Kier alpha value is -6.09. The number of carboxylic acids is 2. The summed E-state index contributed by atoms with van der Waals surface area (Å²) in [5.74, 6) is -12.8. The van der Waals surface area contributed by atoms with E-state index in [2.05, 4.69) is 42.5 Å². The van der Waals surface area contributed by atoms with Gasteiger partial charge in [0.2, 0.25) is 59.1 Å². The summed E-state index contributed by atoms with van der Waals surface area (Å²) in [6, 6.07) is -13.0. The number of carbonyl (C=O) groups excluding carboxylic acids is 10. The lowest BCUT2D eigenvalue weighted by Gasteiger charge is -2.28. The smallest absolute Gasteiger partial charge is 0.326 e. The van der Waals surface area contributed by atoms with E-state index in [0.717, 1.165) is 0 Å². The number of hydrogen-bond donors (Lipinski definition) is 14. The third-order valence-corrected chi connectivity index (χ3v) is 9.48. The fraction of sp³-hybridized carbons (Fsp3) is 0.667. The first-order valence-electron chi connectivity index (χ1n) is 19.6. The Kier molecular flexibility index (Phi) is 25.7. The minimum absolute atomic E-state index is 0.0268. The van der Waals surface area contributed by atoms with Crippen LogP contribution in [0.3, 0.4) is 0 Å². The molecule has 9 unspecified atom stereocenters. The molecule has 0 saturated heterocycles. The average molecular weight is 920 g/mol. The number of thioether (sulfide) groups is 1. The monoisotopic (exact) mass is 919 g/mol. The molecule has 27 heteroatoms. The minimum atomic E-state index is -1.76. The average Bonchev–Trinajstić information content (AvgIpc) is 3.18. The lowest BCUT2D eigenvalue weighted by Crippen LogP contribution is -2.61. The predicted molar refractivity (Wildman–Crippen MR) is 222 cm³/mol. The van der Waals surface area contributed by atoms with E-state index in [-0.39, 0.29) is 18.6 Å². The molecular formula is C36H61N11O15S. The Morgan fingerprint density at radius 3 is 1.37 bits per heavy atom. The summed E-state index contributed by atoms with van der Waals surface area (Å²) in [5.41, 5.74) is 15.8. The van der Waals surface area contributed by atoms with E-state index in [1.807, 2.05) is 0 Å². The van der Waals surface area contributed by atoms with Gasteiger partial charge in [0.15, 0.2) is 0 Å². The lowest BCUT2D eigenvalue weighted by atomic mass is 10.0. The number of hydrogen-bond acceptors (Lipinski definition) is 15. The first kappa shape index (κ1) is 56.9. The normalized spacial score (nSPS) is 15.2. The zero-order chi connectivity index (χ0) is 48.7. The number of nitrogens with one attached hydrogen (secondary N) is 8. The standard InChI is InChI=1S/C36H61N11O15S/c1-15(2)27(35(60)41-18(5)30(55)45-22(36(61)62)13-25(39)50)47-33(58)19(7-9-24(38)49)44-34(59)23(14-48)46-32(57)21(11-12-63-6)43-29(54)17(4)40-31(56)20(8-10-26(51)52)42-28(53)16(3)37/h15-23,27,48H,7-14,37H2,1-6H3,(H2,38,49)(H2,39,50)(H,40,56)(H,41,60)(H,42,53)(H,43,54)(H,44,59)(H,45,55)(H,46,57)(H,47,58)(H,51,52)(H,61,62). The Balaban J connectivity index is 6.05. The van der Waals surface area contributed by atoms with Crippen LogP contribution in [0, 0.1) is 5.92 Å². The first-order valence-corrected chi connectivity index (χ1v) is 20.9. The quantitative estimate of drug-likeness (QED) is 0.0319. The van der Waals surface area contributed by atoms with Crippen molar-refractivity contribution in [3.8, 4) is 0 Å². The zero-order valence-electron chi connectivity index (χ0n) is 35.8. The summed E-state index contributed by atoms with van der Waals surface area (Å²) in [6.07, 6.45) is -0.801. The number of aliphatic hydroxyl groups is 1. The van der Waals surface area contributed by atoms with Crippen LogP contribution in [0.25, 0.3) is 0 Å². The molecule has 63 heavy (non-hydrogen) atoms. The van der Waals surface area contributed by atoms with Crippen molar-refractivity contribution in [1.29, 1.82) is 0 Å². The van der Waals surface area contributed by atoms with E-state index >= 15 is 0 Å². The maximum absolute atomic E-state index is 13.5. The SMILES string of the molecule is CSCCC(NC(=O)C(C)NC(=O)C(CCC(=O)O)NC(=O)C(C)N)C(=O)NC(CO)C(=O)NC(CCC(N)=O)C(=O)NC(C(=O)NC(C)C(=O)NC(CC(N)=O)C(=O)O)C(C)C. The molecule has 0 aliphatic carbocycles. The Labute approximate surface area is 366 Å². The van der Waals surface area contributed by atoms with Crippen molar-refractivity contribution in [3.63, 3.8) is 0 Å². The molecule has 10 amide bonds. The molecule has 17 N–H and O–H groups in total. The molecule has 0 aromatic carbocycles. The van der Waals surface area contributed by atoms with Gasteiger partial charge in [-0.15, -0.1) is 0 Å². The van der Waals surface area contributed by atoms with Crippen LogP contribution in [0.15, 0.2) is 0 Å². The highest BCUT2D eigenvalue weighted by Crippen LogP contribution is 2.08. The molecule has 0 saturated carbocycles. The number of aliphatic hydroxyl groups excluding tert-OH is 1. The number of carbonyl (C=O) groups is 12. The summed E-state index contributed by atoms with van der Waals surface area (Å²) in [4.78, 5) is 150. The zero-order valence-corrected chi connectivity index (χ0v) is 36.6. The third-order valence-electron chi connectivity index (χ3n) is 8.84. The van der Waals surface area contributed by atoms with Crippen LogP contribution in [0.2, 0.25) is 0 Å². The van der Waals surface area contributed by atoms with Gasteiger partial charge < -0.3 is 75.1 Å². The largest absolute Gasteiger partial charge is 0.481 e. The van der Waals surface area contributed by atoms with Gasteiger partial charge in [-0.3, -0.25) is 52.7 Å². The molecule has 0 spiro atoms. The maximum Gasteiger partial charge on any atom is 0.326 e. The van der Waals surface area contributed by atoms with Gasteiger partial charge in [-0.05, 0) is 58.0 Å². The van der Waals surface area contributed by atoms with Gasteiger partial charge in [-0.1, -0.05) is 13.8 Å². The summed E-state index contributed by atoms with van der Waals surface area (Å²) in [5, 5.41) is 46.9. The second-order valence-electron chi connectivity index (χ2n) is 14.7. The fourth-order valence-corrected chi connectivity index (χ4v) is 5.64. The molecule has 0 aliphatic heterocycles. The molecule has 0 radical (unpaired) electrons. The van der Waals surface area contributed by atoms with Gasteiger partial charge >= 0.3 is 11.9 Å². The molecule has 26 nitrogen and oxygen atoms in total. The Morgan fingerprint density at radius 1 is 0.508 bits per heavy atom. The van der Waals surface area contributed by atoms with Gasteiger partial charge in [0, 0.05) is 12.8 Å². The summed E-state index contributed by atoms with van der Waals surface area (Å²) < 4.78 is 0. The molecule has 356 valence electrons.